The van der Waals surface area contributed by atoms with Crippen molar-refractivity contribution >= 4 is 19.8 Å². The summed E-state index contributed by atoms with van der Waals surface area (Å²) in [6.07, 6.45) is 44.7. The third-order valence-electron chi connectivity index (χ3n) is 8.17. The number of unbranched alkanes of at least 4 members (excludes halogenated alkanes) is 6. The van der Waals surface area contributed by atoms with Gasteiger partial charge in [-0.3, -0.25) is 14.2 Å². The summed E-state index contributed by atoms with van der Waals surface area (Å²) in [7, 11) is 1.05. The van der Waals surface area contributed by atoms with Gasteiger partial charge >= 0.3 is 11.9 Å². The Kier molecular flexibility index (Phi) is 35.2. The topological polar surface area (TPSA) is 131 Å². The molecule has 0 bridgehead atoms. The molecule has 3 atom stereocenters. The molecule has 0 aliphatic rings. The summed E-state index contributed by atoms with van der Waals surface area (Å²) in [5.74, 6) is -1.00. The minimum atomic E-state index is -4.67. The maximum atomic E-state index is 12.6. The molecule has 0 heterocycles. The van der Waals surface area contributed by atoms with Gasteiger partial charge in [0.2, 0.25) is 0 Å². The lowest BCUT2D eigenvalue weighted by atomic mass is 10.2. The fraction of sp³-hybridized carbons (Fsp3) is 0.609. The Morgan fingerprint density at radius 2 is 1.23 bits per heavy atom. The fourth-order valence-electron chi connectivity index (χ4n) is 4.83. The maximum absolute atomic E-state index is 12.6. The monoisotopic (exact) mass is 818 g/mol. The van der Waals surface area contributed by atoms with Gasteiger partial charge in [-0.15, -0.1) is 0 Å². The first-order valence-corrected chi connectivity index (χ1v) is 22.5. The minimum absolute atomic E-state index is 0.0651. The molecule has 0 saturated carbocycles. The highest BCUT2D eigenvalue weighted by atomic mass is 31.2. The number of carbonyl (C=O) groups excluding carboxylic acids is 2. The van der Waals surface area contributed by atoms with E-state index in [1.807, 2.05) is 57.6 Å². The van der Waals surface area contributed by atoms with E-state index in [0.717, 1.165) is 44.9 Å². The van der Waals surface area contributed by atoms with Gasteiger partial charge in [-0.2, -0.15) is 0 Å². The van der Waals surface area contributed by atoms with Crippen molar-refractivity contribution in [3.05, 3.63) is 97.2 Å². The van der Waals surface area contributed by atoms with Crippen LogP contribution in [-0.4, -0.2) is 81.2 Å². The highest BCUT2D eigenvalue weighted by molar-refractivity contribution is 7.45. The van der Waals surface area contributed by atoms with E-state index in [2.05, 4.69) is 68.5 Å². The van der Waals surface area contributed by atoms with E-state index in [0.29, 0.717) is 43.1 Å². The maximum Gasteiger partial charge on any atom is 0.306 e. The first kappa shape index (κ1) is 53.9. The number of aliphatic hydroxyl groups is 1. The van der Waals surface area contributed by atoms with Gasteiger partial charge in [0, 0.05) is 12.8 Å². The van der Waals surface area contributed by atoms with E-state index < -0.39 is 38.6 Å². The number of carbonyl (C=O) groups is 2. The zero-order chi connectivity index (χ0) is 42.3. The molecule has 0 aliphatic carbocycles. The molecule has 0 radical (unpaired) electrons. The summed E-state index contributed by atoms with van der Waals surface area (Å²) in [5, 5.41) is 10.1. The number of quaternary nitrogens is 1. The van der Waals surface area contributed by atoms with Gasteiger partial charge < -0.3 is 33.0 Å². The van der Waals surface area contributed by atoms with Crippen molar-refractivity contribution < 1.29 is 47.2 Å². The number of phosphoric acid groups is 1. The summed E-state index contributed by atoms with van der Waals surface area (Å²) >= 11 is 0. The first-order valence-electron chi connectivity index (χ1n) is 21.1. The Labute approximate surface area is 346 Å². The van der Waals surface area contributed by atoms with Crippen molar-refractivity contribution in [1.29, 1.82) is 0 Å². The van der Waals surface area contributed by atoms with Gasteiger partial charge in [-0.25, -0.2) is 0 Å². The predicted octanol–water partition coefficient (Wildman–Crippen LogP) is 10.1. The Morgan fingerprint density at radius 1 is 0.667 bits per heavy atom. The van der Waals surface area contributed by atoms with Crippen molar-refractivity contribution in [1.82, 2.24) is 0 Å². The van der Waals surface area contributed by atoms with E-state index in [1.165, 1.54) is 19.3 Å². The van der Waals surface area contributed by atoms with Crippen LogP contribution < -0.4 is 4.89 Å². The molecule has 10 nitrogen and oxygen atoms in total. The van der Waals surface area contributed by atoms with Crippen LogP contribution in [0.5, 0.6) is 0 Å². The van der Waals surface area contributed by atoms with Crippen molar-refractivity contribution in [2.75, 3.05) is 47.5 Å². The van der Waals surface area contributed by atoms with E-state index in [4.69, 9.17) is 18.5 Å². The molecular formula is C46H76NO9P. The van der Waals surface area contributed by atoms with Gasteiger partial charge in [0.15, 0.2) is 6.10 Å². The Balaban J connectivity index is 4.64. The van der Waals surface area contributed by atoms with Crippen LogP contribution in [0, 0.1) is 0 Å². The van der Waals surface area contributed by atoms with Crippen LogP contribution in [0.3, 0.4) is 0 Å². The molecule has 1 unspecified atom stereocenters. The standard InChI is InChI=1S/C46H76NO9P/c1-6-8-10-12-14-15-16-17-18-19-20-21-25-29-33-37-45(49)53-41-44(42-55-57(51,52)54-40-39-47(3,4)5)56-46(50)38-34-30-26-22-24-28-32-36-43(48)35-31-27-23-13-11-9-7-2/h8,10,14-15,17-18,20-23,26-28,31-32,35,43-44,48H,6-7,9,11-13,16,19,24-25,29-30,33-34,36-42H2,1-5H3/b10-8-,15-14-,18-17-,21-20-,26-22+,27-23-,32-28-,35-31-/t43-,44+/m0/s1. The molecule has 0 amide bonds. The number of aliphatic hydroxyl groups excluding tert-OH is 1. The lowest BCUT2D eigenvalue weighted by molar-refractivity contribution is -0.870. The molecule has 0 aromatic rings. The molecule has 0 aromatic carbocycles. The van der Waals surface area contributed by atoms with Crippen molar-refractivity contribution in [3.8, 4) is 0 Å². The molecule has 11 heteroatoms. The van der Waals surface area contributed by atoms with Gasteiger partial charge in [0.25, 0.3) is 7.82 Å². The number of phosphoric ester groups is 1. The molecule has 0 saturated heterocycles. The molecule has 0 aromatic heterocycles. The normalized spacial score (nSPS) is 15.1. The summed E-state index contributed by atoms with van der Waals surface area (Å²) < 4.78 is 33.7. The highest BCUT2D eigenvalue weighted by Crippen LogP contribution is 2.38. The van der Waals surface area contributed by atoms with Gasteiger partial charge in [-0.05, 0) is 83.5 Å². The third-order valence-corrected chi connectivity index (χ3v) is 9.13. The van der Waals surface area contributed by atoms with Crippen LogP contribution in [0.25, 0.3) is 0 Å². The molecular weight excluding hydrogens is 741 g/mol. The SMILES string of the molecule is CC/C=C\C/C=C\C/C=C\C/C=C\CCCCC(=O)OC[C@H](COP(=O)([O-])OCC[N+](C)(C)C)OC(=O)CCC/C=C/C/C=C\C[C@@H](O)/C=C\C=C/CCCCC. The average molecular weight is 818 g/mol. The number of rotatable bonds is 36. The van der Waals surface area contributed by atoms with Crippen LogP contribution in [-0.2, 0) is 32.7 Å². The molecule has 0 spiro atoms. The predicted molar refractivity (Wildman–Crippen MR) is 232 cm³/mol. The zero-order valence-corrected chi connectivity index (χ0v) is 36.7. The Bertz CT molecular complexity index is 1310. The number of nitrogens with zero attached hydrogens (tertiary/aromatic N) is 1. The number of likely N-dealkylation sites (N-methyl/N-ethyl adjacent to an activating group) is 1. The number of hydrogen-bond donors (Lipinski definition) is 1. The third kappa shape index (κ3) is 40.9. The molecule has 0 rings (SSSR count). The summed E-state index contributed by atoms with van der Waals surface area (Å²) in [4.78, 5) is 37.5. The van der Waals surface area contributed by atoms with Crippen LogP contribution in [0.15, 0.2) is 97.2 Å². The number of allylic oxidation sites excluding steroid dienone is 14. The van der Waals surface area contributed by atoms with Crippen molar-refractivity contribution in [3.63, 3.8) is 0 Å². The Morgan fingerprint density at radius 3 is 1.86 bits per heavy atom. The largest absolute Gasteiger partial charge is 0.756 e. The lowest BCUT2D eigenvalue weighted by Crippen LogP contribution is -2.37. The first-order chi connectivity index (χ1) is 27.4. The van der Waals surface area contributed by atoms with Crippen LogP contribution in [0.2, 0.25) is 0 Å². The highest BCUT2D eigenvalue weighted by Gasteiger charge is 2.21. The Hall–Kier alpha value is -3.11. The molecule has 1 N–H and O–H groups in total. The summed E-state index contributed by atoms with van der Waals surface area (Å²) in [6, 6.07) is 0. The molecule has 324 valence electrons. The van der Waals surface area contributed by atoms with E-state index in [9.17, 15) is 24.2 Å². The molecule has 0 aliphatic heterocycles. The van der Waals surface area contributed by atoms with E-state index >= 15 is 0 Å². The number of ether oxygens (including phenoxy) is 2. The zero-order valence-electron chi connectivity index (χ0n) is 35.8. The minimum Gasteiger partial charge on any atom is -0.756 e. The fourth-order valence-corrected chi connectivity index (χ4v) is 5.56. The smallest absolute Gasteiger partial charge is 0.306 e. The van der Waals surface area contributed by atoms with Gasteiger partial charge in [-0.1, -0.05) is 124 Å². The van der Waals surface area contributed by atoms with E-state index in [1.54, 1.807) is 6.08 Å². The quantitative estimate of drug-likeness (QED) is 0.0164. The van der Waals surface area contributed by atoms with Crippen LogP contribution >= 0.6 is 7.82 Å². The second-order valence-corrected chi connectivity index (χ2v) is 16.2. The summed E-state index contributed by atoms with van der Waals surface area (Å²) in [6.45, 7) is 3.84. The molecule has 57 heavy (non-hydrogen) atoms. The van der Waals surface area contributed by atoms with Gasteiger partial charge in [0.1, 0.15) is 19.8 Å². The number of hydrogen-bond acceptors (Lipinski definition) is 9. The van der Waals surface area contributed by atoms with Crippen molar-refractivity contribution in [2.45, 2.75) is 135 Å². The van der Waals surface area contributed by atoms with Gasteiger partial charge in [0.05, 0.1) is 33.9 Å². The second kappa shape index (κ2) is 37.2. The van der Waals surface area contributed by atoms with E-state index in [-0.39, 0.29) is 26.1 Å². The summed E-state index contributed by atoms with van der Waals surface area (Å²) in [5.41, 5.74) is 0. The van der Waals surface area contributed by atoms with Crippen LogP contribution in [0.1, 0.15) is 123 Å². The lowest BCUT2D eigenvalue weighted by Gasteiger charge is -2.28. The van der Waals surface area contributed by atoms with Crippen molar-refractivity contribution in [2.24, 2.45) is 0 Å². The number of esters is 2. The average Bonchev–Trinajstić information content (AvgIpc) is 3.15. The molecule has 0 fully saturated rings. The second-order valence-electron chi connectivity index (χ2n) is 14.8. The van der Waals surface area contributed by atoms with Crippen LogP contribution in [0.4, 0.5) is 0 Å².